The van der Waals surface area contributed by atoms with E-state index in [-0.39, 0.29) is 5.54 Å². The average Bonchev–Trinajstić information content (AvgIpc) is 2.66. The van der Waals surface area contributed by atoms with Gasteiger partial charge in [-0.1, -0.05) is 37.3 Å². The summed E-state index contributed by atoms with van der Waals surface area (Å²) in [7, 11) is 6.02. The lowest BCUT2D eigenvalue weighted by Crippen LogP contribution is -2.54. The van der Waals surface area contributed by atoms with E-state index in [0.29, 0.717) is 11.6 Å². The van der Waals surface area contributed by atoms with Crippen LogP contribution in [0.4, 0.5) is 0 Å². The monoisotopic (exact) mass is 313 g/mol. The minimum absolute atomic E-state index is 0.137. The third kappa shape index (κ3) is 3.27. The summed E-state index contributed by atoms with van der Waals surface area (Å²) in [6.07, 6.45) is 7.20. The van der Waals surface area contributed by atoms with Crippen molar-refractivity contribution in [3.8, 4) is 0 Å². The van der Waals surface area contributed by atoms with E-state index in [1.54, 1.807) is 4.68 Å². The van der Waals surface area contributed by atoms with E-state index in [1.165, 1.54) is 25.7 Å². The predicted octanol–water partition coefficient (Wildman–Crippen LogP) is 2.94. The van der Waals surface area contributed by atoms with Crippen molar-refractivity contribution in [3.05, 3.63) is 16.4 Å². The van der Waals surface area contributed by atoms with E-state index in [4.69, 9.17) is 11.6 Å². The first kappa shape index (κ1) is 16.8. The predicted molar refractivity (Wildman–Crippen MR) is 86.8 cm³/mol. The number of rotatable bonds is 4. The molecule has 1 aromatic heterocycles. The minimum atomic E-state index is -0.411. The van der Waals surface area contributed by atoms with E-state index in [9.17, 15) is 5.11 Å². The minimum Gasteiger partial charge on any atom is -0.391 e. The van der Waals surface area contributed by atoms with E-state index >= 15 is 0 Å². The number of hydrogen-bond donors (Lipinski definition) is 1. The number of aromatic nitrogens is 2. The Morgan fingerprint density at radius 1 is 1.29 bits per heavy atom. The van der Waals surface area contributed by atoms with Crippen LogP contribution in [0.1, 0.15) is 49.8 Å². The third-order valence-corrected chi connectivity index (χ3v) is 5.62. The Balaban J connectivity index is 2.24. The lowest BCUT2D eigenvalue weighted by Gasteiger charge is -2.43. The summed E-state index contributed by atoms with van der Waals surface area (Å²) in [6, 6.07) is 0. The zero-order chi connectivity index (χ0) is 15.6. The van der Waals surface area contributed by atoms with Gasteiger partial charge in [0.1, 0.15) is 5.15 Å². The van der Waals surface area contributed by atoms with Crippen LogP contribution in [0.25, 0.3) is 0 Å². The molecule has 1 aromatic rings. The molecule has 0 saturated heterocycles. The largest absolute Gasteiger partial charge is 0.391 e. The smallest absolute Gasteiger partial charge is 0.130 e. The van der Waals surface area contributed by atoms with E-state index < -0.39 is 6.10 Å². The molecule has 21 heavy (non-hydrogen) atoms. The lowest BCUT2D eigenvalue weighted by atomic mass is 9.80. The van der Waals surface area contributed by atoms with Crippen molar-refractivity contribution >= 4 is 11.6 Å². The maximum atomic E-state index is 11.0. The van der Waals surface area contributed by atoms with Gasteiger partial charge in [0.2, 0.25) is 0 Å². The van der Waals surface area contributed by atoms with Crippen molar-refractivity contribution in [3.63, 3.8) is 0 Å². The van der Waals surface area contributed by atoms with Gasteiger partial charge in [0, 0.05) is 24.6 Å². The second kappa shape index (κ2) is 6.67. The zero-order valence-corrected chi connectivity index (χ0v) is 14.4. The van der Waals surface area contributed by atoms with Gasteiger partial charge in [-0.2, -0.15) is 5.10 Å². The fourth-order valence-corrected chi connectivity index (χ4v) is 3.96. The van der Waals surface area contributed by atoms with Crippen molar-refractivity contribution in [2.45, 2.75) is 63.5 Å². The van der Waals surface area contributed by atoms with Gasteiger partial charge in [0.15, 0.2) is 0 Å². The molecule has 1 unspecified atom stereocenters. The molecule has 120 valence electrons. The highest BCUT2D eigenvalue weighted by Gasteiger charge is 2.40. The van der Waals surface area contributed by atoms with Crippen molar-refractivity contribution in [1.82, 2.24) is 14.7 Å². The van der Waals surface area contributed by atoms with Crippen LogP contribution in [0, 0.1) is 6.92 Å². The van der Waals surface area contributed by atoms with E-state index in [1.807, 2.05) is 14.0 Å². The summed E-state index contributed by atoms with van der Waals surface area (Å²) in [4.78, 5) is 2.22. The molecule has 4 nitrogen and oxygen atoms in total. The van der Waals surface area contributed by atoms with Crippen molar-refractivity contribution in [2.75, 3.05) is 14.1 Å². The molecule has 1 N–H and O–H groups in total. The molecule has 1 saturated carbocycles. The molecule has 2 rings (SSSR count). The summed E-state index contributed by atoms with van der Waals surface area (Å²) in [5, 5.41) is 16.0. The highest BCUT2D eigenvalue weighted by molar-refractivity contribution is 6.30. The average molecular weight is 314 g/mol. The molecular weight excluding hydrogens is 286 g/mol. The van der Waals surface area contributed by atoms with Crippen LogP contribution in [0.15, 0.2) is 0 Å². The molecule has 0 bridgehead atoms. The normalized spacial score (nSPS) is 20.5. The molecule has 0 aliphatic heterocycles. The molecule has 5 heteroatoms. The molecule has 0 amide bonds. The molecule has 0 aromatic carbocycles. The lowest BCUT2D eigenvalue weighted by molar-refractivity contribution is -0.0175. The maximum Gasteiger partial charge on any atom is 0.130 e. The van der Waals surface area contributed by atoms with Gasteiger partial charge in [0.05, 0.1) is 11.8 Å². The topological polar surface area (TPSA) is 41.3 Å². The maximum absolute atomic E-state index is 11.0. The van der Waals surface area contributed by atoms with Crippen LogP contribution < -0.4 is 0 Å². The number of aryl methyl sites for hydroxylation is 2. The van der Waals surface area contributed by atoms with Gasteiger partial charge in [-0.05, 0) is 33.9 Å². The Bertz CT molecular complexity index is 476. The van der Waals surface area contributed by atoms with Crippen LogP contribution in [-0.4, -0.2) is 45.5 Å². The van der Waals surface area contributed by atoms with Crippen molar-refractivity contribution in [1.29, 1.82) is 0 Å². The number of hydrogen-bond acceptors (Lipinski definition) is 3. The Labute approximate surface area is 133 Å². The molecule has 1 aliphatic carbocycles. The molecular formula is C16H28ClN3O. The molecule has 1 atom stereocenters. The van der Waals surface area contributed by atoms with Gasteiger partial charge in [0.25, 0.3) is 0 Å². The summed E-state index contributed by atoms with van der Waals surface area (Å²) in [5.74, 6) is 0. The van der Waals surface area contributed by atoms with Gasteiger partial charge in [-0.3, -0.25) is 4.68 Å². The van der Waals surface area contributed by atoms with Crippen LogP contribution in [0.2, 0.25) is 5.15 Å². The Kier molecular flexibility index (Phi) is 5.33. The highest BCUT2D eigenvalue weighted by Crippen LogP contribution is 2.36. The van der Waals surface area contributed by atoms with Crippen LogP contribution in [0.3, 0.4) is 0 Å². The Morgan fingerprint density at radius 2 is 1.86 bits per heavy atom. The van der Waals surface area contributed by atoms with Gasteiger partial charge >= 0.3 is 0 Å². The number of halogens is 1. The van der Waals surface area contributed by atoms with Crippen LogP contribution >= 0.6 is 11.6 Å². The number of nitrogens with zero attached hydrogens (tertiary/aromatic N) is 3. The first-order valence-corrected chi connectivity index (χ1v) is 8.30. The fraction of sp³-hybridized carbons (Fsp3) is 0.812. The van der Waals surface area contributed by atoms with Crippen molar-refractivity contribution < 1.29 is 5.11 Å². The van der Waals surface area contributed by atoms with Crippen LogP contribution in [-0.2, 0) is 13.5 Å². The van der Waals surface area contributed by atoms with E-state index in [2.05, 4.69) is 24.1 Å². The zero-order valence-electron chi connectivity index (χ0n) is 13.7. The fourth-order valence-electron chi connectivity index (χ4n) is 3.71. The van der Waals surface area contributed by atoms with Crippen molar-refractivity contribution in [2.24, 2.45) is 7.05 Å². The quantitative estimate of drug-likeness (QED) is 0.869. The highest BCUT2D eigenvalue weighted by atomic mass is 35.5. The number of aliphatic hydroxyl groups is 1. The molecule has 1 fully saturated rings. The number of likely N-dealkylation sites (N-methyl/N-ethyl adjacent to an activating group) is 1. The molecule has 0 spiro atoms. The summed E-state index contributed by atoms with van der Waals surface area (Å²) in [5.41, 5.74) is 1.77. The SMILES string of the molecule is Cc1nn(C)c(Cl)c1CC(O)C1(N(C)C)CCCCCC1. The molecule has 0 radical (unpaired) electrons. The van der Waals surface area contributed by atoms with Gasteiger partial charge in [-0.15, -0.1) is 0 Å². The van der Waals surface area contributed by atoms with Gasteiger partial charge in [-0.25, -0.2) is 0 Å². The van der Waals surface area contributed by atoms with Gasteiger partial charge < -0.3 is 10.0 Å². The summed E-state index contributed by atoms with van der Waals surface area (Å²) < 4.78 is 1.69. The summed E-state index contributed by atoms with van der Waals surface area (Å²) >= 11 is 6.33. The second-order valence-corrected chi connectivity index (χ2v) is 6.97. The molecule has 1 aliphatic rings. The first-order valence-electron chi connectivity index (χ1n) is 7.92. The second-order valence-electron chi connectivity index (χ2n) is 6.61. The Hall–Kier alpha value is -0.580. The van der Waals surface area contributed by atoms with Crippen LogP contribution in [0.5, 0.6) is 0 Å². The van der Waals surface area contributed by atoms with E-state index in [0.717, 1.165) is 24.1 Å². The third-order valence-electron chi connectivity index (χ3n) is 5.15. The Morgan fingerprint density at radius 3 is 2.29 bits per heavy atom. The molecule has 1 heterocycles. The standard InChI is InChI=1S/C16H28ClN3O/c1-12-13(15(17)20(4)18-12)11-14(21)16(19(2)3)9-7-5-6-8-10-16/h14,21H,5-11H2,1-4H3. The summed E-state index contributed by atoms with van der Waals surface area (Å²) in [6.45, 7) is 1.96. The number of aliphatic hydroxyl groups excluding tert-OH is 1. The first-order chi connectivity index (χ1) is 9.88.